The molecule has 0 aliphatic carbocycles. The molecular formula is C16H16BrNO2. The van der Waals surface area contributed by atoms with E-state index in [2.05, 4.69) is 27.3 Å². The van der Waals surface area contributed by atoms with E-state index >= 15 is 0 Å². The molecule has 1 N–H and O–H groups in total. The first-order chi connectivity index (χ1) is 9.54. The third kappa shape index (κ3) is 4.10. The Labute approximate surface area is 127 Å². The zero-order valence-corrected chi connectivity index (χ0v) is 13.0. The fourth-order valence-corrected chi connectivity index (χ4v) is 2.35. The lowest BCUT2D eigenvalue weighted by molar-refractivity contribution is -0.118. The van der Waals surface area contributed by atoms with Crippen molar-refractivity contribution >= 4 is 27.5 Å². The Balaban J connectivity index is 1.94. The first kappa shape index (κ1) is 14.6. The molecule has 0 unspecified atom stereocenters. The number of hydrogen-bond donors (Lipinski definition) is 1. The van der Waals surface area contributed by atoms with Crippen molar-refractivity contribution in [3.05, 3.63) is 58.1 Å². The molecule has 0 heterocycles. The summed E-state index contributed by atoms with van der Waals surface area (Å²) in [4.78, 5) is 11.9. The van der Waals surface area contributed by atoms with Crippen LogP contribution in [0.4, 0.5) is 5.69 Å². The van der Waals surface area contributed by atoms with E-state index in [1.54, 1.807) is 0 Å². The minimum Gasteiger partial charge on any atom is -0.483 e. The molecule has 0 spiro atoms. The first-order valence-electron chi connectivity index (χ1n) is 6.30. The van der Waals surface area contributed by atoms with Crippen LogP contribution in [0.2, 0.25) is 0 Å². The lowest BCUT2D eigenvalue weighted by Crippen LogP contribution is -2.20. The lowest BCUT2D eigenvalue weighted by atomic mass is 10.1. The number of hydrogen-bond acceptors (Lipinski definition) is 2. The predicted octanol–water partition coefficient (Wildman–Crippen LogP) is 4.08. The Morgan fingerprint density at radius 3 is 2.45 bits per heavy atom. The average Bonchev–Trinajstić information content (AvgIpc) is 2.36. The molecule has 0 aliphatic heterocycles. The molecule has 0 aliphatic rings. The van der Waals surface area contributed by atoms with Gasteiger partial charge in [-0.2, -0.15) is 0 Å². The number of para-hydroxylation sites is 1. The van der Waals surface area contributed by atoms with Crippen LogP contribution in [-0.4, -0.2) is 12.5 Å². The maximum absolute atomic E-state index is 11.9. The zero-order valence-electron chi connectivity index (χ0n) is 11.4. The minimum absolute atomic E-state index is 0.0183. The molecule has 3 nitrogen and oxygen atoms in total. The van der Waals surface area contributed by atoms with Crippen molar-refractivity contribution in [3.63, 3.8) is 0 Å². The number of rotatable bonds is 4. The standard InChI is InChI=1S/C16H16BrNO2/c1-11-7-12(2)9-13(8-11)18-16(19)10-20-15-6-4-3-5-14(15)17/h3-9H,10H2,1-2H3,(H,18,19). The van der Waals surface area contributed by atoms with Gasteiger partial charge in [-0.25, -0.2) is 0 Å². The monoisotopic (exact) mass is 333 g/mol. The van der Waals surface area contributed by atoms with Crippen molar-refractivity contribution in [2.45, 2.75) is 13.8 Å². The summed E-state index contributed by atoms with van der Waals surface area (Å²) in [5.41, 5.74) is 3.03. The van der Waals surface area contributed by atoms with Crippen molar-refractivity contribution in [1.82, 2.24) is 0 Å². The van der Waals surface area contributed by atoms with Crippen LogP contribution in [0.5, 0.6) is 5.75 Å². The van der Waals surface area contributed by atoms with Crippen molar-refractivity contribution in [1.29, 1.82) is 0 Å². The van der Waals surface area contributed by atoms with E-state index in [1.165, 1.54) is 0 Å². The van der Waals surface area contributed by atoms with Crippen LogP contribution in [-0.2, 0) is 4.79 Å². The molecule has 0 fully saturated rings. The number of carbonyl (C=O) groups is 1. The molecule has 0 radical (unpaired) electrons. The third-order valence-electron chi connectivity index (χ3n) is 2.70. The number of aryl methyl sites for hydroxylation is 2. The summed E-state index contributed by atoms with van der Waals surface area (Å²) in [6.07, 6.45) is 0. The highest BCUT2D eigenvalue weighted by Crippen LogP contribution is 2.23. The second kappa shape index (κ2) is 6.57. The summed E-state index contributed by atoms with van der Waals surface area (Å²) >= 11 is 3.38. The Kier molecular flexibility index (Phi) is 4.79. The maximum Gasteiger partial charge on any atom is 0.262 e. The van der Waals surface area contributed by atoms with Gasteiger partial charge in [0.15, 0.2) is 6.61 Å². The van der Waals surface area contributed by atoms with Crippen molar-refractivity contribution in [2.24, 2.45) is 0 Å². The molecule has 0 saturated heterocycles. The van der Waals surface area contributed by atoms with Crippen molar-refractivity contribution < 1.29 is 9.53 Å². The second-order valence-electron chi connectivity index (χ2n) is 4.64. The largest absolute Gasteiger partial charge is 0.483 e. The van der Waals surface area contributed by atoms with Crippen LogP contribution in [0.25, 0.3) is 0 Å². The maximum atomic E-state index is 11.9. The van der Waals surface area contributed by atoms with Crippen molar-refractivity contribution in [3.8, 4) is 5.75 Å². The SMILES string of the molecule is Cc1cc(C)cc(NC(=O)COc2ccccc2Br)c1. The van der Waals surface area contributed by atoms with E-state index in [1.807, 2.05) is 50.2 Å². The van der Waals surface area contributed by atoms with Gasteiger partial charge in [0.1, 0.15) is 5.75 Å². The Hall–Kier alpha value is -1.81. The third-order valence-corrected chi connectivity index (χ3v) is 3.36. The van der Waals surface area contributed by atoms with Gasteiger partial charge in [-0.3, -0.25) is 4.79 Å². The topological polar surface area (TPSA) is 38.3 Å². The van der Waals surface area contributed by atoms with Gasteiger partial charge in [-0.15, -0.1) is 0 Å². The molecule has 2 aromatic carbocycles. The van der Waals surface area contributed by atoms with E-state index in [0.29, 0.717) is 5.75 Å². The second-order valence-corrected chi connectivity index (χ2v) is 5.50. The minimum atomic E-state index is -0.175. The van der Waals surface area contributed by atoms with E-state index in [4.69, 9.17) is 4.74 Å². The molecule has 0 aromatic heterocycles. The van der Waals surface area contributed by atoms with Crippen LogP contribution < -0.4 is 10.1 Å². The predicted molar refractivity (Wildman–Crippen MR) is 84.2 cm³/mol. The van der Waals surface area contributed by atoms with E-state index in [9.17, 15) is 4.79 Å². The van der Waals surface area contributed by atoms with Crippen LogP contribution in [0.15, 0.2) is 46.9 Å². The van der Waals surface area contributed by atoms with Gasteiger partial charge < -0.3 is 10.1 Å². The molecule has 1 amide bonds. The normalized spacial score (nSPS) is 10.2. The zero-order chi connectivity index (χ0) is 14.5. The molecule has 0 atom stereocenters. The lowest BCUT2D eigenvalue weighted by Gasteiger charge is -2.10. The number of amides is 1. The quantitative estimate of drug-likeness (QED) is 0.915. The summed E-state index contributed by atoms with van der Waals surface area (Å²) in [7, 11) is 0. The number of carbonyl (C=O) groups excluding carboxylic acids is 1. The molecule has 20 heavy (non-hydrogen) atoms. The smallest absolute Gasteiger partial charge is 0.262 e. The molecule has 4 heteroatoms. The number of anilines is 1. The average molecular weight is 334 g/mol. The first-order valence-corrected chi connectivity index (χ1v) is 7.09. The number of nitrogens with one attached hydrogen (secondary N) is 1. The van der Waals surface area contributed by atoms with Gasteiger partial charge in [0.25, 0.3) is 5.91 Å². The highest BCUT2D eigenvalue weighted by Gasteiger charge is 2.06. The van der Waals surface area contributed by atoms with E-state index in [-0.39, 0.29) is 12.5 Å². The van der Waals surface area contributed by atoms with Gasteiger partial charge in [0, 0.05) is 5.69 Å². The highest BCUT2D eigenvalue weighted by atomic mass is 79.9. The Morgan fingerprint density at radius 2 is 1.80 bits per heavy atom. The molecule has 2 aromatic rings. The Morgan fingerprint density at radius 1 is 1.15 bits per heavy atom. The van der Waals surface area contributed by atoms with Gasteiger partial charge in [0.05, 0.1) is 4.47 Å². The van der Waals surface area contributed by atoms with Crippen LogP contribution in [0.3, 0.4) is 0 Å². The molecule has 0 bridgehead atoms. The highest BCUT2D eigenvalue weighted by molar-refractivity contribution is 9.10. The molecule has 104 valence electrons. The fourth-order valence-electron chi connectivity index (χ4n) is 1.95. The van der Waals surface area contributed by atoms with Gasteiger partial charge >= 0.3 is 0 Å². The summed E-state index contributed by atoms with van der Waals surface area (Å²) < 4.78 is 6.30. The van der Waals surface area contributed by atoms with Crippen LogP contribution in [0, 0.1) is 13.8 Å². The molecular weight excluding hydrogens is 318 g/mol. The number of benzene rings is 2. The van der Waals surface area contributed by atoms with Crippen LogP contribution in [0.1, 0.15) is 11.1 Å². The summed E-state index contributed by atoms with van der Waals surface area (Å²) in [6.45, 7) is 3.98. The van der Waals surface area contributed by atoms with E-state index < -0.39 is 0 Å². The number of ether oxygens (including phenoxy) is 1. The summed E-state index contributed by atoms with van der Waals surface area (Å²) in [5, 5.41) is 2.83. The van der Waals surface area contributed by atoms with Crippen molar-refractivity contribution in [2.75, 3.05) is 11.9 Å². The molecule has 0 saturated carbocycles. The fraction of sp³-hybridized carbons (Fsp3) is 0.188. The van der Waals surface area contributed by atoms with E-state index in [0.717, 1.165) is 21.3 Å². The van der Waals surface area contributed by atoms with Crippen LogP contribution >= 0.6 is 15.9 Å². The van der Waals surface area contributed by atoms with Gasteiger partial charge in [-0.05, 0) is 65.2 Å². The van der Waals surface area contributed by atoms with Gasteiger partial charge in [0.2, 0.25) is 0 Å². The van der Waals surface area contributed by atoms with Gasteiger partial charge in [-0.1, -0.05) is 18.2 Å². The molecule has 2 rings (SSSR count). The number of halogens is 1. The Bertz CT molecular complexity index is 605. The summed E-state index contributed by atoms with van der Waals surface area (Å²) in [5.74, 6) is 0.480. The summed E-state index contributed by atoms with van der Waals surface area (Å²) in [6, 6.07) is 13.4.